The maximum Gasteiger partial charge on any atom is 0.310 e. The minimum absolute atomic E-state index is 0.0462. The molecule has 0 aliphatic carbocycles. The van der Waals surface area contributed by atoms with Crippen molar-refractivity contribution in [3.63, 3.8) is 0 Å². The zero-order valence-corrected chi connectivity index (χ0v) is 14.3. The highest BCUT2D eigenvalue weighted by Crippen LogP contribution is 2.31. The molecular weight excluding hydrogens is 272 g/mol. The van der Waals surface area contributed by atoms with Gasteiger partial charge in [-0.05, 0) is 27.7 Å². The Balaban J connectivity index is 2.77. The molecule has 0 aliphatic rings. The summed E-state index contributed by atoms with van der Waals surface area (Å²) in [5.74, 6) is -0.801. The number of carboxylic acid groups (broad SMARTS) is 1. The number of rotatable bonds is 5. The van der Waals surface area contributed by atoms with Gasteiger partial charge in [-0.2, -0.15) is 0 Å². The lowest BCUT2D eigenvalue weighted by Gasteiger charge is -2.38. The second-order valence-corrected chi connectivity index (χ2v) is 8.23. The molecule has 0 fully saturated rings. The Morgan fingerprint density at radius 3 is 2.20 bits per heavy atom. The molecular formula is C15H26N2O2S. The fourth-order valence-corrected chi connectivity index (χ4v) is 2.48. The number of aliphatic carboxylic acids is 1. The van der Waals surface area contributed by atoms with Crippen LogP contribution in [0, 0.1) is 5.41 Å². The lowest BCUT2D eigenvalue weighted by molar-refractivity contribution is -0.151. The predicted octanol–water partition coefficient (Wildman–Crippen LogP) is 3.42. The molecule has 0 aromatic carbocycles. The molecule has 1 aromatic heterocycles. The van der Waals surface area contributed by atoms with Gasteiger partial charge >= 0.3 is 5.97 Å². The van der Waals surface area contributed by atoms with Gasteiger partial charge in [0.2, 0.25) is 0 Å². The Morgan fingerprint density at radius 2 is 1.80 bits per heavy atom. The van der Waals surface area contributed by atoms with E-state index in [0.29, 0.717) is 6.54 Å². The van der Waals surface area contributed by atoms with Crippen LogP contribution in [0.15, 0.2) is 5.38 Å². The Labute approximate surface area is 125 Å². The molecule has 2 N–H and O–H groups in total. The normalized spacial score (nSPS) is 13.6. The quantitative estimate of drug-likeness (QED) is 0.874. The summed E-state index contributed by atoms with van der Waals surface area (Å²) in [6, 6.07) is 0. The molecule has 0 unspecified atom stereocenters. The van der Waals surface area contributed by atoms with E-state index in [4.69, 9.17) is 0 Å². The van der Waals surface area contributed by atoms with Crippen molar-refractivity contribution >= 4 is 17.3 Å². The minimum Gasteiger partial charge on any atom is -0.481 e. The molecule has 0 aliphatic heterocycles. The van der Waals surface area contributed by atoms with Gasteiger partial charge in [0.05, 0.1) is 11.1 Å². The fourth-order valence-electron chi connectivity index (χ4n) is 1.52. The van der Waals surface area contributed by atoms with E-state index in [1.165, 1.54) is 0 Å². The molecule has 0 spiro atoms. The summed E-state index contributed by atoms with van der Waals surface area (Å²) in [6.45, 7) is 14.3. The van der Waals surface area contributed by atoms with Gasteiger partial charge in [-0.1, -0.05) is 20.8 Å². The van der Waals surface area contributed by atoms with Gasteiger partial charge in [0.15, 0.2) is 0 Å². The van der Waals surface area contributed by atoms with Gasteiger partial charge in [0.25, 0.3) is 0 Å². The van der Waals surface area contributed by atoms with Gasteiger partial charge in [0, 0.05) is 22.9 Å². The SMILES string of the molecule is CC(C)(C)c1csc(CNC(C)(C)C(C)(C)C(=O)O)n1. The average Bonchev–Trinajstić information content (AvgIpc) is 2.74. The van der Waals surface area contributed by atoms with Crippen molar-refractivity contribution in [1.29, 1.82) is 0 Å². The first-order valence-corrected chi connectivity index (χ1v) is 7.69. The summed E-state index contributed by atoms with van der Waals surface area (Å²) < 4.78 is 0. The van der Waals surface area contributed by atoms with Crippen LogP contribution in [-0.2, 0) is 16.8 Å². The largest absolute Gasteiger partial charge is 0.481 e. The number of carboxylic acids is 1. The van der Waals surface area contributed by atoms with E-state index < -0.39 is 16.9 Å². The van der Waals surface area contributed by atoms with Gasteiger partial charge in [-0.15, -0.1) is 11.3 Å². The van der Waals surface area contributed by atoms with Crippen molar-refractivity contribution in [3.05, 3.63) is 16.1 Å². The molecule has 20 heavy (non-hydrogen) atoms. The molecule has 0 atom stereocenters. The molecule has 1 heterocycles. The standard InChI is InChI=1S/C15H26N2O2S/c1-13(2,3)10-9-20-11(17-10)8-16-15(6,7)14(4,5)12(18)19/h9,16H,8H2,1-7H3,(H,18,19). The molecule has 0 saturated carbocycles. The minimum atomic E-state index is -0.850. The summed E-state index contributed by atoms with van der Waals surface area (Å²) in [5, 5.41) is 15.7. The summed E-state index contributed by atoms with van der Waals surface area (Å²) >= 11 is 1.62. The first-order valence-electron chi connectivity index (χ1n) is 6.81. The smallest absolute Gasteiger partial charge is 0.310 e. The van der Waals surface area contributed by atoms with Crippen LogP contribution in [0.3, 0.4) is 0 Å². The van der Waals surface area contributed by atoms with Crippen LogP contribution in [0.1, 0.15) is 59.2 Å². The summed E-state index contributed by atoms with van der Waals surface area (Å²) in [4.78, 5) is 16.0. The first kappa shape index (κ1) is 17.1. The molecule has 1 rings (SSSR count). The van der Waals surface area contributed by atoms with E-state index in [-0.39, 0.29) is 5.41 Å². The Kier molecular flexibility index (Phi) is 4.66. The lowest BCUT2D eigenvalue weighted by atomic mass is 9.74. The predicted molar refractivity (Wildman–Crippen MR) is 83.1 cm³/mol. The molecule has 0 radical (unpaired) electrons. The van der Waals surface area contributed by atoms with Crippen molar-refractivity contribution in [2.75, 3.05) is 0 Å². The van der Waals surface area contributed by atoms with E-state index in [1.54, 1.807) is 25.2 Å². The summed E-state index contributed by atoms with van der Waals surface area (Å²) in [6.07, 6.45) is 0. The third-order valence-electron chi connectivity index (χ3n) is 4.10. The highest BCUT2D eigenvalue weighted by atomic mass is 32.1. The van der Waals surface area contributed by atoms with E-state index in [0.717, 1.165) is 10.7 Å². The molecule has 1 aromatic rings. The molecule has 0 amide bonds. The Morgan fingerprint density at radius 1 is 1.25 bits per heavy atom. The summed E-state index contributed by atoms with van der Waals surface area (Å²) in [5.41, 5.74) is -0.247. The van der Waals surface area contributed by atoms with E-state index in [9.17, 15) is 9.90 Å². The van der Waals surface area contributed by atoms with Crippen molar-refractivity contribution in [3.8, 4) is 0 Å². The average molecular weight is 298 g/mol. The van der Waals surface area contributed by atoms with Crippen molar-refractivity contribution < 1.29 is 9.90 Å². The number of hydrogen-bond donors (Lipinski definition) is 2. The van der Waals surface area contributed by atoms with E-state index in [2.05, 4.69) is 36.5 Å². The number of thiazole rings is 1. The van der Waals surface area contributed by atoms with Crippen LogP contribution in [0.5, 0.6) is 0 Å². The zero-order valence-electron chi connectivity index (χ0n) is 13.5. The van der Waals surface area contributed by atoms with Crippen LogP contribution in [0.4, 0.5) is 0 Å². The van der Waals surface area contributed by atoms with Crippen molar-refractivity contribution in [2.45, 2.75) is 66.0 Å². The van der Waals surface area contributed by atoms with Gasteiger partial charge < -0.3 is 10.4 Å². The molecule has 0 bridgehead atoms. The number of aromatic nitrogens is 1. The molecule has 114 valence electrons. The van der Waals surface area contributed by atoms with Crippen LogP contribution >= 0.6 is 11.3 Å². The second-order valence-electron chi connectivity index (χ2n) is 7.29. The second kappa shape index (κ2) is 5.45. The third kappa shape index (κ3) is 3.58. The first-order chi connectivity index (χ1) is 8.88. The Bertz CT molecular complexity index is 484. The molecule has 5 heteroatoms. The van der Waals surface area contributed by atoms with Crippen LogP contribution < -0.4 is 5.32 Å². The third-order valence-corrected chi connectivity index (χ3v) is 4.95. The zero-order chi connectivity index (χ0) is 15.8. The maximum atomic E-state index is 11.4. The van der Waals surface area contributed by atoms with Gasteiger partial charge in [-0.25, -0.2) is 4.98 Å². The van der Waals surface area contributed by atoms with Gasteiger partial charge in [-0.3, -0.25) is 4.79 Å². The van der Waals surface area contributed by atoms with Crippen molar-refractivity contribution in [1.82, 2.24) is 10.3 Å². The van der Waals surface area contributed by atoms with E-state index in [1.807, 2.05) is 13.8 Å². The highest BCUT2D eigenvalue weighted by molar-refractivity contribution is 7.09. The van der Waals surface area contributed by atoms with E-state index >= 15 is 0 Å². The lowest BCUT2D eigenvalue weighted by Crippen LogP contribution is -2.54. The maximum absolute atomic E-state index is 11.4. The fraction of sp³-hybridized carbons (Fsp3) is 0.733. The topological polar surface area (TPSA) is 62.2 Å². The monoisotopic (exact) mass is 298 g/mol. The number of nitrogens with zero attached hydrogens (tertiary/aromatic N) is 1. The molecule has 0 saturated heterocycles. The molecule has 4 nitrogen and oxygen atoms in total. The highest BCUT2D eigenvalue weighted by Gasteiger charge is 2.43. The Hall–Kier alpha value is -0.940. The van der Waals surface area contributed by atoms with Crippen LogP contribution in [0.25, 0.3) is 0 Å². The van der Waals surface area contributed by atoms with Gasteiger partial charge in [0.1, 0.15) is 5.01 Å². The number of carbonyl (C=O) groups is 1. The van der Waals surface area contributed by atoms with Crippen LogP contribution in [-0.4, -0.2) is 21.6 Å². The number of hydrogen-bond acceptors (Lipinski definition) is 4. The van der Waals surface area contributed by atoms with Crippen LogP contribution in [0.2, 0.25) is 0 Å². The number of nitrogens with one attached hydrogen (secondary N) is 1. The summed E-state index contributed by atoms with van der Waals surface area (Å²) in [7, 11) is 0. The van der Waals surface area contributed by atoms with Crippen molar-refractivity contribution in [2.24, 2.45) is 5.41 Å².